The van der Waals surface area contributed by atoms with Crippen LogP contribution >= 0.6 is 0 Å². The van der Waals surface area contributed by atoms with E-state index in [9.17, 15) is 9.59 Å². The molecule has 1 fully saturated rings. The third-order valence-electron chi connectivity index (χ3n) is 6.99. The van der Waals surface area contributed by atoms with Crippen LogP contribution in [0.1, 0.15) is 46.2 Å². The van der Waals surface area contributed by atoms with E-state index in [0.29, 0.717) is 25.1 Å². The van der Waals surface area contributed by atoms with Crippen molar-refractivity contribution in [1.29, 1.82) is 0 Å². The first-order valence-electron chi connectivity index (χ1n) is 11.1. The van der Waals surface area contributed by atoms with Gasteiger partial charge in [0.25, 0.3) is 5.91 Å². The molecule has 164 valence electrons. The molecule has 0 radical (unpaired) electrons. The molecule has 7 nitrogen and oxygen atoms in total. The van der Waals surface area contributed by atoms with Crippen LogP contribution in [0.2, 0.25) is 0 Å². The van der Waals surface area contributed by atoms with Crippen LogP contribution in [0.25, 0.3) is 0 Å². The summed E-state index contributed by atoms with van der Waals surface area (Å²) >= 11 is 0. The maximum Gasteiger partial charge on any atom is 0.251 e. The Hall–Kier alpha value is -3.48. The average Bonchev–Trinajstić information content (AvgIpc) is 3.46. The highest BCUT2D eigenvalue weighted by Gasteiger charge is 2.50. The van der Waals surface area contributed by atoms with Crippen molar-refractivity contribution in [3.63, 3.8) is 0 Å². The number of hydrogen-bond acceptors (Lipinski definition) is 4. The van der Waals surface area contributed by atoms with Crippen molar-refractivity contribution >= 4 is 11.8 Å². The van der Waals surface area contributed by atoms with Gasteiger partial charge in [-0.25, -0.2) is 9.67 Å². The van der Waals surface area contributed by atoms with Gasteiger partial charge < -0.3 is 10.2 Å². The van der Waals surface area contributed by atoms with Gasteiger partial charge in [-0.2, -0.15) is 5.10 Å². The number of nitrogens with one attached hydrogen (secondary N) is 1. The van der Waals surface area contributed by atoms with Crippen LogP contribution in [0.3, 0.4) is 0 Å². The average molecular weight is 430 g/mol. The highest BCUT2D eigenvalue weighted by Crippen LogP contribution is 2.47. The van der Waals surface area contributed by atoms with Gasteiger partial charge in [0.1, 0.15) is 12.2 Å². The van der Waals surface area contributed by atoms with Crippen LogP contribution in [0, 0.1) is 12.3 Å². The number of hydrogen-bond donors (Lipinski definition) is 1. The molecule has 1 aromatic heterocycles. The number of aromatic nitrogens is 3. The molecule has 1 saturated heterocycles. The number of rotatable bonds is 4. The lowest BCUT2D eigenvalue weighted by Gasteiger charge is -2.40. The maximum absolute atomic E-state index is 13.1. The Morgan fingerprint density at radius 1 is 1.06 bits per heavy atom. The second kappa shape index (κ2) is 8.22. The van der Waals surface area contributed by atoms with Crippen molar-refractivity contribution in [3.8, 4) is 0 Å². The largest absolute Gasteiger partial charge is 0.342 e. The Morgan fingerprint density at radius 3 is 2.62 bits per heavy atom. The smallest absolute Gasteiger partial charge is 0.251 e. The standard InChI is InChI=1S/C25H27N5O2/c1-18-7-5-6-10-20(18)15-21(31)29-13-11-25(16-29)12-14-30-23(26-17-27-30)22(25)28-24(32)19-8-3-2-4-9-19/h2-10,17,22H,11-16H2,1H3,(H,28,32)/t22-,25+/m1/s1. The van der Waals surface area contributed by atoms with Gasteiger partial charge in [-0.1, -0.05) is 42.5 Å². The van der Waals surface area contributed by atoms with Gasteiger partial charge in [-0.15, -0.1) is 0 Å². The predicted octanol–water partition coefficient (Wildman–Crippen LogP) is 2.92. The fourth-order valence-electron chi connectivity index (χ4n) is 5.07. The van der Waals surface area contributed by atoms with E-state index in [1.165, 1.54) is 0 Å². The molecule has 5 rings (SSSR count). The SMILES string of the molecule is Cc1ccccc1CC(=O)N1CC[C@]2(CCn3ncnc3[C@H]2NC(=O)c2ccccc2)C1. The lowest BCUT2D eigenvalue weighted by Crippen LogP contribution is -2.48. The molecule has 7 heteroatoms. The summed E-state index contributed by atoms with van der Waals surface area (Å²) in [7, 11) is 0. The molecule has 3 heterocycles. The molecule has 0 unspecified atom stereocenters. The number of fused-ring (bicyclic) bond motifs is 1. The minimum Gasteiger partial charge on any atom is -0.342 e. The third kappa shape index (κ3) is 3.68. The molecular formula is C25H27N5O2. The zero-order chi connectivity index (χ0) is 22.1. The second-order valence-corrected chi connectivity index (χ2v) is 8.89. The second-order valence-electron chi connectivity index (χ2n) is 8.89. The number of likely N-dealkylation sites (tertiary alicyclic amines) is 1. The molecule has 0 bridgehead atoms. The molecule has 2 atom stereocenters. The summed E-state index contributed by atoms with van der Waals surface area (Å²) < 4.78 is 1.87. The summed E-state index contributed by atoms with van der Waals surface area (Å²) in [5, 5.41) is 7.56. The normalized spacial score (nSPS) is 22.0. The molecule has 2 aliphatic heterocycles. The van der Waals surface area contributed by atoms with Crippen molar-refractivity contribution in [2.24, 2.45) is 5.41 Å². The van der Waals surface area contributed by atoms with Gasteiger partial charge >= 0.3 is 0 Å². The lowest BCUT2D eigenvalue weighted by molar-refractivity contribution is -0.130. The molecule has 1 spiro atoms. The van der Waals surface area contributed by atoms with E-state index in [-0.39, 0.29) is 23.3 Å². The monoisotopic (exact) mass is 429 g/mol. The van der Waals surface area contributed by atoms with Crippen LogP contribution in [0.5, 0.6) is 0 Å². The Morgan fingerprint density at radius 2 is 1.81 bits per heavy atom. The zero-order valence-electron chi connectivity index (χ0n) is 18.2. The molecule has 3 aromatic rings. The van der Waals surface area contributed by atoms with E-state index in [2.05, 4.69) is 15.4 Å². The first-order chi connectivity index (χ1) is 15.6. The van der Waals surface area contributed by atoms with Crippen LogP contribution in [-0.4, -0.2) is 44.6 Å². The van der Waals surface area contributed by atoms with E-state index in [1.807, 2.05) is 71.1 Å². The van der Waals surface area contributed by atoms with E-state index in [4.69, 9.17) is 0 Å². The molecule has 1 N–H and O–H groups in total. The van der Waals surface area contributed by atoms with Crippen molar-refractivity contribution < 1.29 is 9.59 Å². The van der Waals surface area contributed by atoms with Gasteiger partial charge in [0.15, 0.2) is 0 Å². The number of aryl methyl sites for hydroxylation is 2. The molecule has 2 aliphatic rings. The highest BCUT2D eigenvalue weighted by atomic mass is 16.2. The van der Waals surface area contributed by atoms with E-state index in [0.717, 1.165) is 36.3 Å². The van der Waals surface area contributed by atoms with E-state index >= 15 is 0 Å². The minimum absolute atomic E-state index is 0.129. The number of benzene rings is 2. The van der Waals surface area contributed by atoms with Gasteiger partial charge in [0.05, 0.1) is 12.5 Å². The fraction of sp³-hybridized carbons (Fsp3) is 0.360. The van der Waals surface area contributed by atoms with Crippen LogP contribution in [-0.2, 0) is 17.8 Å². The predicted molar refractivity (Wildman–Crippen MR) is 120 cm³/mol. The van der Waals surface area contributed by atoms with Gasteiger partial charge in [-0.3, -0.25) is 9.59 Å². The topological polar surface area (TPSA) is 80.1 Å². The maximum atomic E-state index is 13.1. The zero-order valence-corrected chi connectivity index (χ0v) is 18.2. The van der Waals surface area contributed by atoms with Crippen molar-refractivity contribution in [3.05, 3.63) is 83.4 Å². The molecular weight excluding hydrogens is 402 g/mol. The molecule has 0 saturated carbocycles. The molecule has 0 aliphatic carbocycles. The van der Waals surface area contributed by atoms with Crippen molar-refractivity contribution in [2.45, 2.75) is 38.8 Å². The van der Waals surface area contributed by atoms with Crippen molar-refractivity contribution in [2.75, 3.05) is 13.1 Å². The van der Waals surface area contributed by atoms with E-state index < -0.39 is 0 Å². The molecule has 2 aromatic carbocycles. The van der Waals surface area contributed by atoms with Crippen LogP contribution in [0.15, 0.2) is 60.9 Å². The van der Waals surface area contributed by atoms with Crippen LogP contribution < -0.4 is 5.32 Å². The quantitative estimate of drug-likeness (QED) is 0.692. The molecule has 32 heavy (non-hydrogen) atoms. The lowest BCUT2D eigenvalue weighted by atomic mass is 9.74. The summed E-state index contributed by atoms with van der Waals surface area (Å²) in [4.78, 5) is 32.6. The number of nitrogens with zero attached hydrogens (tertiary/aromatic N) is 4. The first-order valence-corrected chi connectivity index (χ1v) is 11.1. The first kappa shape index (κ1) is 20.4. The fourth-order valence-corrected chi connectivity index (χ4v) is 5.07. The number of carbonyl (C=O) groups is 2. The van der Waals surface area contributed by atoms with Gasteiger partial charge in [0.2, 0.25) is 5.91 Å². The number of amides is 2. The molecule has 2 amide bonds. The van der Waals surface area contributed by atoms with Gasteiger partial charge in [0, 0.05) is 30.6 Å². The van der Waals surface area contributed by atoms with Crippen LogP contribution in [0.4, 0.5) is 0 Å². The Labute approximate surface area is 187 Å². The van der Waals surface area contributed by atoms with Gasteiger partial charge in [-0.05, 0) is 43.0 Å². The summed E-state index contributed by atoms with van der Waals surface area (Å²) in [6.45, 7) is 4.09. The Bertz CT molecular complexity index is 1140. The Kier molecular flexibility index (Phi) is 5.25. The third-order valence-corrected chi connectivity index (χ3v) is 6.99. The summed E-state index contributed by atoms with van der Waals surface area (Å²) in [5.41, 5.74) is 2.57. The minimum atomic E-state index is -0.289. The van der Waals surface area contributed by atoms with E-state index in [1.54, 1.807) is 6.33 Å². The summed E-state index contributed by atoms with van der Waals surface area (Å²) in [5.74, 6) is 0.779. The highest BCUT2D eigenvalue weighted by molar-refractivity contribution is 5.94. The Balaban J connectivity index is 1.38. The summed E-state index contributed by atoms with van der Waals surface area (Å²) in [6, 6.07) is 17.0. The number of carbonyl (C=O) groups excluding carboxylic acids is 2. The van der Waals surface area contributed by atoms with Crippen molar-refractivity contribution in [1.82, 2.24) is 25.0 Å². The summed E-state index contributed by atoms with van der Waals surface area (Å²) in [6.07, 6.45) is 3.63.